The number of hydrogen-bond donors (Lipinski definition) is 1. The summed E-state index contributed by atoms with van der Waals surface area (Å²) in [7, 11) is 0. The highest BCUT2D eigenvalue weighted by Gasteiger charge is 2.18. The summed E-state index contributed by atoms with van der Waals surface area (Å²) in [6.07, 6.45) is 0. The van der Waals surface area contributed by atoms with Gasteiger partial charge in [-0.3, -0.25) is 0 Å². The molecule has 0 fully saturated rings. The molecule has 0 bridgehead atoms. The van der Waals surface area contributed by atoms with Gasteiger partial charge in [0.1, 0.15) is 0 Å². The highest BCUT2D eigenvalue weighted by molar-refractivity contribution is 7.14. The van der Waals surface area contributed by atoms with Crippen molar-refractivity contribution in [3.05, 3.63) is 15.8 Å². The van der Waals surface area contributed by atoms with Crippen molar-refractivity contribution in [1.82, 2.24) is 0 Å². The first kappa shape index (κ1) is 10.1. The van der Waals surface area contributed by atoms with Crippen LogP contribution in [0.1, 0.15) is 35.3 Å². The Morgan fingerprint density at radius 2 is 2.08 bits per heavy atom. The maximum Gasteiger partial charge on any atom is 0.0836 e. The average molecular weight is 198 g/mol. The average Bonchev–Trinajstić information content (AvgIpc) is 2.29. The number of anilines is 1. The number of nitrogen functional groups attached to an aromatic ring is 1. The number of aromatic carboxylic acids is 1. The van der Waals surface area contributed by atoms with E-state index in [9.17, 15) is 9.90 Å². The molecule has 1 rings (SSSR count). The minimum absolute atomic E-state index is 0.0630. The minimum atomic E-state index is -1.20. The molecular weight excluding hydrogens is 186 g/mol. The Labute approximate surface area is 81.2 Å². The second kappa shape index (κ2) is 3.03. The normalized spacial score (nSPS) is 11.6. The topological polar surface area (TPSA) is 66.2 Å². The molecule has 0 amide bonds. The van der Waals surface area contributed by atoms with Crippen LogP contribution in [0.2, 0.25) is 0 Å². The summed E-state index contributed by atoms with van der Waals surface area (Å²) in [5.41, 5.74) is 5.77. The van der Waals surface area contributed by atoms with Crippen molar-refractivity contribution in [1.29, 1.82) is 0 Å². The third-order valence-electron chi connectivity index (χ3n) is 1.69. The number of carbonyl (C=O) groups is 1. The second-order valence-electron chi connectivity index (χ2n) is 3.93. The van der Waals surface area contributed by atoms with Crippen LogP contribution in [0.15, 0.2) is 6.07 Å². The first-order valence-corrected chi connectivity index (χ1v) is 4.75. The molecule has 0 saturated heterocycles. The number of nitrogens with two attached hydrogens (primary N) is 1. The smallest absolute Gasteiger partial charge is 0.0836 e. The van der Waals surface area contributed by atoms with Gasteiger partial charge in [0.15, 0.2) is 0 Å². The van der Waals surface area contributed by atoms with Gasteiger partial charge >= 0.3 is 0 Å². The van der Waals surface area contributed by atoms with Crippen LogP contribution in [-0.4, -0.2) is 5.97 Å². The van der Waals surface area contributed by atoms with Gasteiger partial charge in [-0.1, -0.05) is 20.8 Å². The predicted molar refractivity (Wildman–Crippen MR) is 51.8 cm³/mol. The van der Waals surface area contributed by atoms with Crippen molar-refractivity contribution in [3.63, 3.8) is 0 Å². The van der Waals surface area contributed by atoms with Gasteiger partial charge in [-0.15, -0.1) is 11.3 Å². The molecule has 1 aromatic rings. The Morgan fingerprint density at radius 1 is 1.54 bits per heavy atom. The Kier molecular flexibility index (Phi) is 2.34. The largest absolute Gasteiger partial charge is 0.544 e. The summed E-state index contributed by atoms with van der Waals surface area (Å²) >= 11 is 1.19. The number of rotatable bonds is 1. The van der Waals surface area contributed by atoms with Gasteiger partial charge in [0.05, 0.1) is 16.5 Å². The van der Waals surface area contributed by atoms with Crippen LogP contribution >= 0.6 is 11.3 Å². The summed E-state index contributed by atoms with van der Waals surface area (Å²) in [4.78, 5) is 11.7. The SMILES string of the molecule is CC(C)(C)c1cc(N)c(C(=O)[O-])s1. The quantitative estimate of drug-likeness (QED) is 0.731. The summed E-state index contributed by atoms with van der Waals surface area (Å²) in [5, 5.41) is 10.6. The van der Waals surface area contributed by atoms with Crippen molar-refractivity contribution >= 4 is 23.0 Å². The van der Waals surface area contributed by atoms with Crippen molar-refractivity contribution in [2.24, 2.45) is 0 Å². The van der Waals surface area contributed by atoms with E-state index >= 15 is 0 Å². The van der Waals surface area contributed by atoms with E-state index in [1.807, 2.05) is 20.8 Å². The monoisotopic (exact) mass is 198 g/mol. The first-order chi connectivity index (χ1) is 5.82. The fourth-order valence-corrected chi connectivity index (χ4v) is 1.91. The van der Waals surface area contributed by atoms with Gasteiger partial charge in [-0.2, -0.15) is 0 Å². The van der Waals surface area contributed by atoms with Crippen molar-refractivity contribution in [3.8, 4) is 0 Å². The Bertz CT molecular complexity index is 336. The number of thiophene rings is 1. The third-order valence-corrected chi connectivity index (χ3v) is 3.24. The van der Waals surface area contributed by atoms with Crippen LogP contribution in [-0.2, 0) is 5.41 Å². The van der Waals surface area contributed by atoms with E-state index in [0.29, 0.717) is 5.69 Å². The van der Waals surface area contributed by atoms with Gasteiger partial charge in [0.25, 0.3) is 0 Å². The molecule has 0 aliphatic heterocycles. The molecule has 2 N–H and O–H groups in total. The lowest BCUT2D eigenvalue weighted by Crippen LogP contribution is -2.21. The number of hydrogen-bond acceptors (Lipinski definition) is 4. The van der Waals surface area contributed by atoms with Gasteiger partial charge in [-0.25, -0.2) is 0 Å². The molecule has 4 heteroatoms. The fraction of sp³-hybridized carbons (Fsp3) is 0.444. The first-order valence-electron chi connectivity index (χ1n) is 3.93. The summed E-state index contributed by atoms with van der Waals surface area (Å²) in [5.74, 6) is -1.20. The number of carboxylic acids is 1. The van der Waals surface area contributed by atoms with Crippen LogP contribution < -0.4 is 10.8 Å². The fourth-order valence-electron chi connectivity index (χ4n) is 0.934. The van der Waals surface area contributed by atoms with Crippen molar-refractivity contribution in [2.75, 3.05) is 5.73 Å². The summed E-state index contributed by atoms with van der Waals surface area (Å²) in [6.45, 7) is 6.03. The lowest BCUT2D eigenvalue weighted by atomic mass is 9.95. The van der Waals surface area contributed by atoms with Crippen LogP contribution in [0.3, 0.4) is 0 Å². The van der Waals surface area contributed by atoms with E-state index in [4.69, 9.17) is 5.73 Å². The van der Waals surface area contributed by atoms with E-state index in [0.717, 1.165) is 4.88 Å². The highest BCUT2D eigenvalue weighted by atomic mass is 32.1. The van der Waals surface area contributed by atoms with Gasteiger partial charge in [0.2, 0.25) is 0 Å². The van der Waals surface area contributed by atoms with E-state index in [-0.39, 0.29) is 10.3 Å². The van der Waals surface area contributed by atoms with Gasteiger partial charge < -0.3 is 15.6 Å². The molecule has 0 unspecified atom stereocenters. The third kappa shape index (κ3) is 2.01. The summed E-state index contributed by atoms with van der Waals surface area (Å²) in [6, 6.07) is 1.70. The van der Waals surface area contributed by atoms with Crippen LogP contribution in [0.25, 0.3) is 0 Å². The zero-order valence-electron chi connectivity index (χ0n) is 7.88. The van der Waals surface area contributed by atoms with E-state index < -0.39 is 5.97 Å². The zero-order valence-corrected chi connectivity index (χ0v) is 8.70. The molecule has 1 heterocycles. The van der Waals surface area contributed by atoms with Gasteiger partial charge in [0, 0.05) is 4.88 Å². The Hall–Kier alpha value is -1.03. The lowest BCUT2D eigenvalue weighted by Gasteiger charge is -2.15. The maximum absolute atomic E-state index is 10.6. The van der Waals surface area contributed by atoms with Crippen molar-refractivity contribution < 1.29 is 9.90 Å². The Morgan fingerprint density at radius 3 is 2.31 bits per heavy atom. The molecule has 0 aliphatic rings. The van der Waals surface area contributed by atoms with E-state index in [1.165, 1.54) is 11.3 Å². The summed E-state index contributed by atoms with van der Waals surface area (Å²) < 4.78 is 0. The van der Waals surface area contributed by atoms with Crippen molar-refractivity contribution in [2.45, 2.75) is 26.2 Å². The molecule has 0 radical (unpaired) electrons. The minimum Gasteiger partial charge on any atom is -0.544 e. The number of carboxylic acid groups (broad SMARTS) is 1. The molecule has 72 valence electrons. The zero-order chi connectivity index (χ0) is 10.2. The van der Waals surface area contributed by atoms with Crippen LogP contribution in [0.4, 0.5) is 5.69 Å². The molecule has 0 aliphatic carbocycles. The van der Waals surface area contributed by atoms with Gasteiger partial charge in [-0.05, 0) is 11.5 Å². The standard InChI is InChI=1S/C9H13NO2S/c1-9(2,3)6-4-5(10)7(13-6)8(11)12/h4H,10H2,1-3H3,(H,11,12)/p-1. The van der Waals surface area contributed by atoms with Crippen LogP contribution in [0.5, 0.6) is 0 Å². The molecule has 0 aromatic carbocycles. The molecule has 13 heavy (non-hydrogen) atoms. The molecule has 1 aromatic heterocycles. The maximum atomic E-state index is 10.6. The molecular formula is C9H12NO2S-. The molecule has 3 nitrogen and oxygen atoms in total. The van der Waals surface area contributed by atoms with E-state index in [1.54, 1.807) is 6.07 Å². The Balaban J connectivity index is 3.17. The highest BCUT2D eigenvalue weighted by Crippen LogP contribution is 2.33. The molecule has 0 spiro atoms. The molecule has 0 saturated carbocycles. The van der Waals surface area contributed by atoms with E-state index in [2.05, 4.69) is 0 Å². The predicted octanol–water partition coefficient (Wildman–Crippen LogP) is 0.991. The van der Waals surface area contributed by atoms with Crippen LogP contribution in [0, 0.1) is 0 Å². The number of carbonyl (C=O) groups excluding carboxylic acids is 1. The second-order valence-corrected chi connectivity index (χ2v) is 4.98. The lowest BCUT2D eigenvalue weighted by molar-refractivity contribution is -0.254. The molecule has 0 atom stereocenters.